The van der Waals surface area contributed by atoms with E-state index in [2.05, 4.69) is 36.5 Å². The van der Waals surface area contributed by atoms with Crippen molar-refractivity contribution in [2.24, 2.45) is 5.41 Å². The van der Waals surface area contributed by atoms with Gasteiger partial charge in [0.2, 0.25) is 0 Å². The fourth-order valence-corrected chi connectivity index (χ4v) is 3.20. The number of unbranched alkanes of at least 4 members (excludes halogenated alkanes) is 1. The van der Waals surface area contributed by atoms with Crippen molar-refractivity contribution in [1.29, 1.82) is 0 Å². The van der Waals surface area contributed by atoms with Gasteiger partial charge in [0.25, 0.3) is 0 Å². The second-order valence-corrected chi connectivity index (χ2v) is 6.22. The highest BCUT2D eigenvalue weighted by atomic mass is 32.1. The molecular weight excluding hydrogens is 240 g/mol. The minimum atomic E-state index is 0.406. The first-order valence-corrected chi connectivity index (χ1v) is 8.23. The Hall–Kier alpha value is -0.410. The normalized spacial score (nSPS) is 14.6. The van der Waals surface area contributed by atoms with Crippen LogP contribution in [-0.4, -0.2) is 18.1 Å². The summed E-state index contributed by atoms with van der Waals surface area (Å²) in [6.45, 7) is 9.11. The van der Waals surface area contributed by atoms with Gasteiger partial charge < -0.3 is 5.32 Å². The highest BCUT2D eigenvalue weighted by molar-refractivity contribution is 7.09. The fourth-order valence-electron chi connectivity index (χ4n) is 2.41. The van der Waals surface area contributed by atoms with E-state index in [1.54, 1.807) is 11.3 Å². The quantitative estimate of drug-likeness (QED) is 0.641. The van der Waals surface area contributed by atoms with Gasteiger partial charge in [-0.15, -0.1) is 11.3 Å². The van der Waals surface area contributed by atoms with Crippen LogP contribution < -0.4 is 5.32 Å². The van der Waals surface area contributed by atoms with Crippen LogP contribution in [0.4, 0.5) is 0 Å². The van der Waals surface area contributed by atoms with Crippen molar-refractivity contribution in [1.82, 2.24) is 10.3 Å². The van der Waals surface area contributed by atoms with Crippen molar-refractivity contribution in [2.75, 3.05) is 13.1 Å². The van der Waals surface area contributed by atoms with Crippen LogP contribution in [-0.2, 0) is 6.42 Å². The van der Waals surface area contributed by atoms with Crippen LogP contribution in [0, 0.1) is 5.41 Å². The molecule has 1 rings (SSSR count). The number of nitrogens with one attached hydrogen (secondary N) is 1. The second-order valence-electron chi connectivity index (χ2n) is 5.24. The summed E-state index contributed by atoms with van der Waals surface area (Å²) in [6, 6.07) is 0. The van der Waals surface area contributed by atoms with Crippen LogP contribution in [0.3, 0.4) is 0 Å². The number of hydrogen-bond donors (Lipinski definition) is 1. The van der Waals surface area contributed by atoms with E-state index in [4.69, 9.17) is 0 Å². The summed E-state index contributed by atoms with van der Waals surface area (Å²) in [6.07, 6.45) is 9.45. The van der Waals surface area contributed by atoms with E-state index in [0.717, 1.165) is 19.5 Å². The molecular formula is C15H28N2S. The molecule has 0 spiro atoms. The standard InChI is InChI=1S/C15H28N2S/c1-4-7-8-15(6-3,13-16-9-5-2)12-14-17-10-11-18-14/h10-11,16H,4-9,12-13H2,1-3H3. The first kappa shape index (κ1) is 15.6. The lowest BCUT2D eigenvalue weighted by atomic mass is 9.77. The minimum absolute atomic E-state index is 0.406. The van der Waals surface area contributed by atoms with Gasteiger partial charge in [-0.1, -0.05) is 33.6 Å². The Labute approximate surface area is 116 Å². The molecule has 1 atom stereocenters. The maximum absolute atomic E-state index is 4.48. The zero-order valence-corrected chi connectivity index (χ0v) is 13.0. The van der Waals surface area contributed by atoms with Crippen LogP contribution >= 0.6 is 11.3 Å². The van der Waals surface area contributed by atoms with Crippen molar-refractivity contribution in [3.8, 4) is 0 Å². The average Bonchev–Trinajstić information content (AvgIpc) is 2.89. The predicted molar refractivity (Wildman–Crippen MR) is 81.2 cm³/mol. The molecule has 1 N–H and O–H groups in total. The maximum Gasteiger partial charge on any atom is 0.0930 e. The summed E-state index contributed by atoms with van der Waals surface area (Å²) in [5.41, 5.74) is 0.406. The Kier molecular flexibility index (Phi) is 7.52. The van der Waals surface area contributed by atoms with Gasteiger partial charge in [-0.25, -0.2) is 4.98 Å². The summed E-state index contributed by atoms with van der Waals surface area (Å²) in [5.74, 6) is 0. The molecule has 18 heavy (non-hydrogen) atoms. The maximum atomic E-state index is 4.48. The van der Waals surface area contributed by atoms with E-state index in [-0.39, 0.29) is 0 Å². The summed E-state index contributed by atoms with van der Waals surface area (Å²) in [5, 5.41) is 7.01. The molecule has 0 saturated carbocycles. The van der Waals surface area contributed by atoms with Gasteiger partial charge in [-0.05, 0) is 31.2 Å². The van der Waals surface area contributed by atoms with E-state index in [1.165, 1.54) is 37.1 Å². The topological polar surface area (TPSA) is 24.9 Å². The molecule has 104 valence electrons. The molecule has 1 aromatic rings. The van der Waals surface area contributed by atoms with Gasteiger partial charge in [-0.2, -0.15) is 0 Å². The molecule has 1 heterocycles. The van der Waals surface area contributed by atoms with Gasteiger partial charge >= 0.3 is 0 Å². The molecule has 0 fully saturated rings. The number of aromatic nitrogens is 1. The zero-order valence-electron chi connectivity index (χ0n) is 12.2. The van der Waals surface area contributed by atoms with Crippen molar-refractivity contribution in [3.63, 3.8) is 0 Å². The van der Waals surface area contributed by atoms with E-state index in [9.17, 15) is 0 Å². The average molecular weight is 268 g/mol. The van der Waals surface area contributed by atoms with Crippen LogP contribution in [0.5, 0.6) is 0 Å². The van der Waals surface area contributed by atoms with Crippen molar-refractivity contribution < 1.29 is 0 Å². The zero-order chi connectivity index (χ0) is 13.3. The molecule has 1 unspecified atom stereocenters. The lowest BCUT2D eigenvalue weighted by Crippen LogP contribution is -2.36. The number of nitrogens with zero attached hydrogens (tertiary/aromatic N) is 1. The highest BCUT2D eigenvalue weighted by Crippen LogP contribution is 2.33. The van der Waals surface area contributed by atoms with Gasteiger partial charge in [0.05, 0.1) is 5.01 Å². The smallest absolute Gasteiger partial charge is 0.0930 e. The Morgan fingerprint density at radius 2 is 2.11 bits per heavy atom. The predicted octanol–water partition coefficient (Wildman–Crippen LogP) is 4.27. The van der Waals surface area contributed by atoms with Crippen LogP contribution in [0.2, 0.25) is 0 Å². The first-order valence-electron chi connectivity index (χ1n) is 7.35. The Bertz CT molecular complexity index is 297. The highest BCUT2D eigenvalue weighted by Gasteiger charge is 2.28. The third-order valence-electron chi connectivity index (χ3n) is 3.75. The van der Waals surface area contributed by atoms with Crippen molar-refractivity contribution >= 4 is 11.3 Å². The third-order valence-corrected chi connectivity index (χ3v) is 4.53. The lowest BCUT2D eigenvalue weighted by Gasteiger charge is -2.32. The molecule has 0 bridgehead atoms. The summed E-state index contributed by atoms with van der Waals surface area (Å²) < 4.78 is 0. The molecule has 2 nitrogen and oxygen atoms in total. The molecule has 0 amide bonds. The molecule has 3 heteroatoms. The molecule has 0 aliphatic rings. The Morgan fingerprint density at radius 1 is 1.28 bits per heavy atom. The van der Waals surface area contributed by atoms with Crippen molar-refractivity contribution in [3.05, 3.63) is 16.6 Å². The second kappa shape index (κ2) is 8.65. The van der Waals surface area contributed by atoms with Crippen molar-refractivity contribution in [2.45, 2.75) is 59.3 Å². The molecule has 0 saturated heterocycles. The molecule has 0 aliphatic heterocycles. The van der Waals surface area contributed by atoms with Crippen LogP contribution in [0.15, 0.2) is 11.6 Å². The molecule has 0 radical (unpaired) electrons. The van der Waals surface area contributed by atoms with Crippen LogP contribution in [0.25, 0.3) is 0 Å². The van der Waals surface area contributed by atoms with Gasteiger partial charge in [0, 0.05) is 24.5 Å². The lowest BCUT2D eigenvalue weighted by molar-refractivity contribution is 0.229. The van der Waals surface area contributed by atoms with E-state index in [1.807, 2.05) is 6.20 Å². The molecule has 0 aromatic carbocycles. The van der Waals surface area contributed by atoms with E-state index < -0.39 is 0 Å². The fraction of sp³-hybridized carbons (Fsp3) is 0.800. The van der Waals surface area contributed by atoms with Crippen LogP contribution in [0.1, 0.15) is 57.9 Å². The third kappa shape index (κ3) is 5.07. The van der Waals surface area contributed by atoms with E-state index >= 15 is 0 Å². The Morgan fingerprint density at radius 3 is 2.67 bits per heavy atom. The number of rotatable bonds is 10. The van der Waals surface area contributed by atoms with Gasteiger partial charge in [0.1, 0.15) is 0 Å². The number of hydrogen-bond acceptors (Lipinski definition) is 3. The summed E-state index contributed by atoms with van der Waals surface area (Å²) in [4.78, 5) is 4.48. The summed E-state index contributed by atoms with van der Waals surface area (Å²) >= 11 is 1.80. The summed E-state index contributed by atoms with van der Waals surface area (Å²) in [7, 11) is 0. The Balaban J connectivity index is 2.63. The number of thiazole rings is 1. The van der Waals surface area contributed by atoms with Gasteiger partial charge in [0.15, 0.2) is 0 Å². The molecule has 1 aromatic heterocycles. The van der Waals surface area contributed by atoms with E-state index in [0.29, 0.717) is 5.41 Å². The monoisotopic (exact) mass is 268 g/mol. The minimum Gasteiger partial charge on any atom is -0.316 e. The van der Waals surface area contributed by atoms with Gasteiger partial charge in [-0.3, -0.25) is 0 Å². The largest absolute Gasteiger partial charge is 0.316 e. The molecule has 0 aliphatic carbocycles. The first-order chi connectivity index (χ1) is 8.76. The SMILES string of the molecule is CCCCC(CC)(CNCCC)Cc1nccs1.